The second-order valence-corrected chi connectivity index (χ2v) is 8.45. The van der Waals surface area contributed by atoms with E-state index in [1.54, 1.807) is 0 Å². The summed E-state index contributed by atoms with van der Waals surface area (Å²) >= 11 is 0. The summed E-state index contributed by atoms with van der Waals surface area (Å²) in [6.07, 6.45) is 0. The lowest BCUT2D eigenvalue weighted by atomic mass is 10.1. The maximum Gasteiger partial charge on any atom is 0.269 e. The van der Waals surface area contributed by atoms with Crippen molar-refractivity contribution in [3.05, 3.63) is 58.1 Å². The number of hydrogen-bond acceptors (Lipinski definition) is 7. The summed E-state index contributed by atoms with van der Waals surface area (Å²) in [6.45, 7) is 0.690. The number of ether oxygens (including phenoxy) is 2. The van der Waals surface area contributed by atoms with Gasteiger partial charge in [0.2, 0.25) is 10.0 Å². The van der Waals surface area contributed by atoms with Crippen LogP contribution in [-0.4, -0.2) is 68.9 Å². The Hall–Kier alpha value is -3.18. The predicted octanol–water partition coefficient (Wildman–Crippen LogP) is 1.76. The fourth-order valence-corrected chi connectivity index (χ4v) is 4.60. The number of nitro benzene ring substituents is 1. The third kappa shape index (κ3) is 4.21. The van der Waals surface area contributed by atoms with Crippen LogP contribution in [0.25, 0.3) is 0 Å². The second kappa shape index (κ2) is 8.67. The fourth-order valence-electron chi connectivity index (χ4n) is 3.17. The number of rotatable bonds is 6. The van der Waals surface area contributed by atoms with Crippen LogP contribution in [0.1, 0.15) is 10.4 Å². The Morgan fingerprint density at radius 3 is 2.10 bits per heavy atom. The van der Waals surface area contributed by atoms with E-state index in [0.29, 0.717) is 17.1 Å². The molecule has 2 aromatic carbocycles. The summed E-state index contributed by atoms with van der Waals surface area (Å²) in [6, 6.07) is 9.71. The van der Waals surface area contributed by atoms with Crippen LogP contribution in [0.4, 0.5) is 5.69 Å². The maximum absolute atomic E-state index is 13.0. The summed E-state index contributed by atoms with van der Waals surface area (Å²) in [4.78, 5) is 24.4. The Morgan fingerprint density at radius 1 is 0.967 bits per heavy atom. The van der Waals surface area contributed by atoms with Gasteiger partial charge in [0.05, 0.1) is 24.0 Å². The molecule has 3 rings (SSSR count). The molecule has 1 amide bonds. The lowest BCUT2D eigenvalue weighted by Crippen LogP contribution is -2.50. The van der Waals surface area contributed by atoms with Crippen molar-refractivity contribution in [3.63, 3.8) is 0 Å². The number of nitrogens with zero attached hydrogens (tertiary/aromatic N) is 3. The van der Waals surface area contributed by atoms with Gasteiger partial charge in [0.15, 0.2) is 11.5 Å². The third-order valence-electron chi connectivity index (χ3n) is 4.84. The molecule has 0 unspecified atom stereocenters. The van der Waals surface area contributed by atoms with Gasteiger partial charge < -0.3 is 14.4 Å². The van der Waals surface area contributed by atoms with Crippen molar-refractivity contribution >= 4 is 21.6 Å². The highest BCUT2D eigenvalue weighted by molar-refractivity contribution is 7.89. The highest BCUT2D eigenvalue weighted by atomic mass is 32.2. The molecule has 0 spiro atoms. The maximum atomic E-state index is 13.0. The zero-order valence-corrected chi connectivity index (χ0v) is 17.3. The minimum Gasteiger partial charge on any atom is -0.493 e. The van der Waals surface area contributed by atoms with Gasteiger partial charge in [0, 0.05) is 49.9 Å². The highest BCUT2D eigenvalue weighted by Crippen LogP contribution is 2.31. The molecule has 0 atom stereocenters. The average Bonchev–Trinajstić information content (AvgIpc) is 2.78. The topological polar surface area (TPSA) is 119 Å². The Morgan fingerprint density at radius 2 is 1.57 bits per heavy atom. The number of hydrogen-bond donors (Lipinski definition) is 0. The molecular weight excluding hydrogens is 414 g/mol. The number of amides is 1. The van der Waals surface area contributed by atoms with Crippen LogP contribution in [0, 0.1) is 10.1 Å². The van der Waals surface area contributed by atoms with Crippen LogP contribution in [0.3, 0.4) is 0 Å². The minimum absolute atomic E-state index is 0.0790. The second-order valence-electron chi connectivity index (χ2n) is 6.52. The molecule has 0 saturated carbocycles. The minimum atomic E-state index is -3.76. The number of nitro groups is 1. The van der Waals surface area contributed by atoms with E-state index in [1.807, 2.05) is 0 Å². The molecule has 2 aromatic rings. The van der Waals surface area contributed by atoms with Crippen molar-refractivity contribution in [2.75, 3.05) is 40.4 Å². The molecule has 0 radical (unpaired) electrons. The third-order valence-corrected chi connectivity index (χ3v) is 6.74. The molecule has 0 aliphatic carbocycles. The lowest BCUT2D eigenvalue weighted by molar-refractivity contribution is -0.384. The van der Waals surface area contributed by atoms with Crippen LogP contribution >= 0.6 is 0 Å². The molecule has 0 N–H and O–H groups in total. The zero-order chi connectivity index (χ0) is 21.9. The Kier molecular flexibility index (Phi) is 6.22. The van der Waals surface area contributed by atoms with Crippen molar-refractivity contribution in [1.29, 1.82) is 0 Å². The van der Waals surface area contributed by atoms with Crippen LogP contribution in [0.15, 0.2) is 47.4 Å². The summed E-state index contributed by atoms with van der Waals surface area (Å²) in [7, 11) is -0.871. The highest BCUT2D eigenvalue weighted by Gasteiger charge is 2.31. The largest absolute Gasteiger partial charge is 0.493 e. The molecule has 30 heavy (non-hydrogen) atoms. The van der Waals surface area contributed by atoms with E-state index in [0.717, 1.165) is 0 Å². The van der Waals surface area contributed by atoms with Gasteiger partial charge in [-0.05, 0) is 24.3 Å². The average molecular weight is 435 g/mol. The number of carbonyl (C=O) groups is 1. The first-order chi connectivity index (χ1) is 14.3. The molecule has 160 valence electrons. The molecule has 1 heterocycles. The molecule has 10 nitrogen and oxygen atoms in total. The van der Waals surface area contributed by atoms with Crippen molar-refractivity contribution in [3.8, 4) is 11.5 Å². The molecule has 1 aliphatic rings. The van der Waals surface area contributed by atoms with Crippen molar-refractivity contribution in [1.82, 2.24) is 9.21 Å². The summed E-state index contributed by atoms with van der Waals surface area (Å²) in [5.74, 6) is 0.439. The van der Waals surface area contributed by atoms with E-state index in [9.17, 15) is 23.3 Å². The molecular formula is C19H21N3O7S. The monoisotopic (exact) mass is 435 g/mol. The molecule has 1 saturated heterocycles. The SMILES string of the molecule is COc1ccc(S(=O)(=O)N2CCN(C(=O)c3ccc([N+](=O)[O-])cc3)CC2)cc1OC. The first-order valence-corrected chi connectivity index (χ1v) is 10.5. The first kappa shape index (κ1) is 21.5. The van der Waals surface area contributed by atoms with Gasteiger partial charge in [0.1, 0.15) is 0 Å². The number of carbonyl (C=O) groups excluding carboxylic acids is 1. The number of methoxy groups -OCH3 is 2. The van der Waals surface area contributed by atoms with E-state index in [2.05, 4.69) is 0 Å². The normalized spacial score (nSPS) is 14.9. The van der Waals surface area contributed by atoms with Gasteiger partial charge in [-0.1, -0.05) is 0 Å². The van der Waals surface area contributed by atoms with Gasteiger partial charge in [-0.3, -0.25) is 14.9 Å². The van der Waals surface area contributed by atoms with Gasteiger partial charge >= 0.3 is 0 Å². The standard InChI is InChI=1S/C19H21N3O7S/c1-28-17-8-7-16(13-18(17)29-2)30(26,27)21-11-9-20(10-12-21)19(23)14-3-5-15(6-4-14)22(24)25/h3-8,13H,9-12H2,1-2H3. The number of benzene rings is 2. The first-order valence-electron chi connectivity index (χ1n) is 9.04. The summed E-state index contributed by atoms with van der Waals surface area (Å²) in [5, 5.41) is 10.7. The quantitative estimate of drug-likeness (QED) is 0.501. The molecule has 0 bridgehead atoms. The van der Waals surface area contributed by atoms with E-state index in [1.165, 1.54) is 65.9 Å². The van der Waals surface area contributed by atoms with Crippen molar-refractivity contribution in [2.45, 2.75) is 4.90 Å². The Labute approximate surface area is 173 Å². The van der Waals surface area contributed by atoms with Crippen molar-refractivity contribution in [2.24, 2.45) is 0 Å². The number of piperazine rings is 1. The van der Waals surface area contributed by atoms with Crippen molar-refractivity contribution < 1.29 is 27.6 Å². The van der Waals surface area contributed by atoms with Gasteiger partial charge in [-0.25, -0.2) is 8.42 Å². The summed E-state index contributed by atoms with van der Waals surface area (Å²) in [5.41, 5.74) is 0.217. The molecule has 11 heteroatoms. The lowest BCUT2D eigenvalue weighted by Gasteiger charge is -2.34. The molecule has 1 fully saturated rings. The van der Waals surface area contributed by atoms with Crippen LogP contribution in [0.2, 0.25) is 0 Å². The Balaban J connectivity index is 1.70. The van der Waals surface area contributed by atoms with E-state index in [-0.39, 0.29) is 42.7 Å². The van der Waals surface area contributed by atoms with Crippen LogP contribution in [-0.2, 0) is 10.0 Å². The van der Waals surface area contributed by atoms with Crippen LogP contribution < -0.4 is 9.47 Å². The predicted molar refractivity (Wildman–Crippen MR) is 107 cm³/mol. The molecule has 1 aliphatic heterocycles. The van der Waals surface area contributed by atoms with Gasteiger partial charge in [-0.15, -0.1) is 0 Å². The van der Waals surface area contributed by atoms with Gasteiger partial charge in [0.25, 0.3) is 11.6 Å². The van der Waals surface area contributed by atoms with E-state index in [4.69, 9.17) is 9.47 Å². The van der Waals surface area contributed by atoms with Gasteiger partial charge in [-0.2, -0.15) is 4.31 Å². The smallest absolute Gasteiger partial charge is 0.269 e. The number of non-ortho nitro benzene ring substituents is 1. The summed E-state index contributed by atoms with van der Waals surface area (Å²) < 4.78 is 37.6. The van der Waals surface area contributed by atoms with E-state index >= 15 is 0 Å². The van der Waals surface area contributed by atoms with Crippen LogP contribution in [0.5, 0.6) is 11.5 Å². The van der Waals surface area contributed by atoms with E-state index < -0.39 is 14.9 Å². The number of sulfonamides is 1. The zero-order valence-electron chi connectivity index (χ0n) is 16.5. The molecule has 0 aromatic heterocycles. The fraction of sp³-hybridized carbons (Fsp3) is 0.316. The Bertz CT molecular complexity index is 1050.